The van der Waals surface area contributed by atoms with Crippen LogP contribution in [0.25, 0.3) is 0 Å². The molecule has 0 aromatic heterocycles. The van der Waals surface area contributed by atoms with Crippen LogP contribution in [0.1, 0.15) is 44.6 Å². The molecule has 4 rings (SSSR count). The van der Waals surface area contributed by atoms with Crippen molar-refractivity contribution in [2.75, 3.05) is 4.90 Å². The van der Waals surface area contributed by atoms with Gasteiger partial charge < -0.3 is 10.0 Å². The van der Waals surface area contributed by atoms with Crippen LogP contribution in [0.15, 0.2) is 60.7 Å². The number of nitrogens with zero attached hydrogens (tertiary/aromatic N) is 1. The third kappa shape index (κ3) is 3.89. The van der Waals surface area contributed by atoms with E-state index < -0.39 is 11.5 Å². The van der Waals surface area contributed by atoms with E-state index in [1.807, 2.05) is 57.2 Å². The maximum absolute atomic E-state index is 13.5. The lowest BCUT2D eigenvalue weighted by atomic mass is 9.87. The number of fused-ring (bicyclic) bond motifs is 1. The van der Waals surface area contributed by atoms with E-state index in [9.17, 15) is 14.7 Å². The molecule has 1 aliphatic rings. The highest BCUT2D eigenvalue weighted by atomic mass is 35.5. The number of hydrogen-bond acceptors (Lipinski definition) is 3. The Bertz CT molecular complexity index is 1190. The van der Waals surface area contributed by atoms with Crippen molar-refractivity contribution in [3.8, 4) is 0 Å². The maximum atomic E-state index is 13.5. The Kier molecular flexibility index (Phi) is 5.46. The Hall–Kier alpha value is -2.95. The summed E-state index contributed by atoms with van der Waals surface area (Å²) in [5.41, 5.74) is 3.32. The Balaban J connectivity index is 1.72. The molecule has 1 N–H and O–H groups in total. The summed E-state index contributed by atoms with van der Waals surface area (Å²) in [4.78, 5) is 28.2. The van der Waals surface area contributed by atoms with Gasteiger partial charge in [0.2, 0.25) is 0 Å². The highest BCUT2D eigenvalue weighted by Gasteiger charge is 2.51. The minimum Gasteiger partial charge on any atom is -0.375 e. The number of aliphatic hydroxyl groups is 1. The number of carbonyl (C=O) groups is 2. The molecule has 0 unspecified atom stereocenters. The smallest absolute Gasteiger partial charge is 0.264 e. The first-order chi connectivity index (χ1) is 14.7. The largest absolute Gasteiger partial charge is 0.375 e. The molecule has 1 aliphatic heterocycles. The van der Waals surface area contributed by atoms with Crippen LogP contribution in [0, 0.1) is 20.8 Å². The fraction of sp³-hybridized carbons (Fsp3) is 0.231. The van der Waals surface area contributed by atoms with Crippen molar-refractivity contribution in [1.82, 2.24) is 0 Å². The number of rotatable bonds is 5. The van der Waals surface area contributed by atoms with Crippen molar-refractivity contribution in [2.24, 2.45) is 0 Å². The van der Waals surface area contributed by atoms with Gasteiger partial charge in [-0.2, -0.15) is 0 Å². The Morgan fingerprint density at radius 2 is 1.65 bits per heavy atom. The molecule has 1 amide bonds. The van der Waals surface area contributed by atoms with Crippen LogP contribution in [0.2, 0.25) is 5.02 Å². The Morgan fingerprint density at radius 3 is 2.35 bits per heavy atom. The molecule has 0 saturated carbocycles. The molecule has 3 aromatic carbocycles. The number of hydrogen-bond donors (Lipinski definition) is 1. The lowest BCUT2D eigenvalue weighted by molar-refractivity contribution is -0.136. The van der Waals surface area contributed by atoms with Crippen molar-refractivity contribution in [1.29, 1.82) is 0 Å². The Morgan fingerprint density at radius 1 is 0.968 bits per heavy atom. The van der Waals surface area contributed by atoms with Gasteiger partial charge in [0.1, 0.15) is 0 Å². The zero-order valence-electron chi connectivity index (χ0n) is 17.8. The van der Waals surface area contributed by atoms with Gasteiger partial charge in [-0.25, -0.2) is 0 Å². The van der Waals surface area contributed by atoms with E-state index >= 15 is 0 Å². The van der Waals surface area contributed by atoms with Crippen molar-refractivity contribution in [3.05, 3.63) is 99.1 Å². The monoisotopic (exact) mass is 433 g/mol. The quantitative estimate of drug-likeness (QED) is 0.557. The molecule has 4 nitrogen and oxygen atoms in total. The number of halogens is 1. The average molecular weight is 434 g/mol. The third-order valence-electron chi connectivity index (χ3n) is 5.87. The van der Waals surface area contributed by atoms with Crippen molar-refractivity contribution >= 4 is 29.0 Å². The van der Waals surface area contributed by atoms with Crippen LogP contribution in [0.4, 0.5) is 5.69 Å². The summed E-state index contributed by atoms with van der Waals surface area (Å²) in [6.07, 6.45) is -0.339. The molecule has 0 saturated heterocycles. The molecule has 1 atom stereocenters. The zero-order valence-corrected chi connectivity index (χ0v) is 18.5. The van der Waals surface area contributed by atoms with E-state index in [0.29, 0.717) is 28.4 Å². The zero-order chi connectivity index (χ0) is 22.3. The maximum Gasteiger partial charge on any atom is 0.264 e. The lowest BCUT2D eigenvalue weighted by Crippen LogP contribution is -2.41. The highest BCUT2D eigenvalue weighted by molar-refractivity contribution is 6.31. The van der Waals surface area contributed by atoms with Gasteiger partial charge in [-0.3, -0.25) is 9.59 Å². The number of aryl methyl sites for hydroxylation is 3. The standard InChI is InChI=1S/C26H24ClNO3/c1-16-5-8-19(9-6-16)15-28-23-11-10-20(27)13-22(23)26(31,25(28)30)14-24(29)21-12-17(2)4-7-18(21)3/h4-13,31H,14-15H2,1-3H3/t26-/m1/s1. The molecule has 0 bridgehead atoms. The van der Waals surface area contributed by atoms with Gasteiger partial charge in [0.15, 0.2) is 11.4 Å². The summed E-state index contributed by atoms with van der Waals surface area (Å²) in [7, 11) is 0. The number of amides is 1. The minimum atomic E-state index is -1.96. The minimum absolute atomic E-state index is 0.278. The number of Topliss-reactive ketones (excluding diaryl/α,β-unsaturated/α-hetero) is 1. The van der Waals surface area contributed by atoms with E-state index in [1.165, 1.54) is 4.90 Å². The highest BCUT2D eigenvalue weighted by Crippen LogP contribution is 2.45. The fourth-order valence-corrected chi connectivity index (χ4v) is 4.26. The topological polar surface area (TPSA) is 57.6 Å². The molecular formula is C26H24ClNO3. The first-order valence-corrected chi connectivity index (χ1v) is 10.6. The molecule has 3 aromatic rings. The molecular weight excluding hydrogens is 410 g/mol. The Labute approximate surface area is 187 Å². The van der Waals surface area contributed by atoms with Gasteiger partial charge in [0.25, 0.3) is 5.91 Å². The van der Waals surface area contributed by atoms with Gasteiger partial charge >= 0.3 is 0 Å². The van der Waals surface area contributed by atoms with Crippen LogP contribution >= 0.6 is 11.6 Å². The second-order valence-electron chi connectivity index (χ2n) is 8.32. The van der Waals surface area contributed by atoms with E-state index in [0.717, 1.165) is 22.3 Å². The summed E-state index contributed by atoms with van der Waals surface area (Å²) in [5, 5.41) is 12.0. The van der Waals surface area contributed by atoms with Crippen molar-refractivity contribution in [2.45, 2.75) is 39.3 Å². The van der Waals surface area contributed by atoms with Gasteiger partial charge in [-0.05, 0) is 56.2 Å². The molecule has 0 spiro atoms. The lowest BCUT2D eigenvalue weighted by Gasteiger charge is -2.23. The van der Waals surface area contributed by atoms with Gasteiger partial charge in [0, 0.05) is 16.1 Å². The van der Waals surface area contributed by atoms with Crippen LogP contribution in [0.5, 0.6) is 0 Å². The molecule has 0 fully saturated rings. The third-order valence-corrected chi connectivity index (χ3v) is 6.10. The van der Waals surface area contributed by atoms with E-state index in [2.05, 4.69) is 0 Å². The van der Waals surface area contributed by atoms with E-state index in [4.69, 9.17) is 11.6 Å². The first kappa shape index (κ1) is 21.3. The van der Waals surface area contributed by atoms with Gasteiger partial charge in [-0.1, -0.05) is 59.1 Å². The molecule has 5 heteroatoms. The van der Waals surface area contributed by atoms with Crippen molar-refractivity contribution < 1.29 is 14.7 Å². The first-order valence-electron chi connectivity index (χ1n) is 10.2. The summed E-state index contributed by atoms with van der Waals surface area (Å²) >= 11 is 6.20. The summed E-state index contributed by atoms with van der Waals surface area (Å²) in [6.45, 7) is 6.05. The van der Waals surface area contributed by atoms with Crippen LogP contribution in [-0.2, 0) is 16.9 Å². The van der Waals surface area contributed by atoms with E-state index in [1.54, 1.807) is 24.3 Å². The van der Waals surface area contributed by atoms with E-state index in [-0.39, 0.29) is 12.2 Å². The fourth-order valence-electron chi connectivity index (χ4n) is 4.09. The molecule has 0 aliphatic carbocycles. The number of benzene rings is 3. The number of carbonyl (C=O) groups excluding carboxylic acids is 2. The molecule has 1 heterocycles. The predicted molar refractivity (Wildman–Crippen MR) is 123 cm³/mol. The number of anilines is 1. The average Bonchev–Trinajstić information content (AvgIpc) is 2.92. The SMILES string of the molecule is Cc1ccc(CN2C(=O)[C@@](O)(CC(=O)c3cc(C)ccc3C)c3cc(Cl)ccc32)cc1. The normalized spacial score (nSPS) is 17.7. The van der Waals surface area contributed by atoms with Gasteiger partial charge in [-0.15, -0.1) is 0 Å². The van der Waals surface area contributed by atoms with Crippen LogP contribution in [-0.4, -0.2) is 16.8 Å². The summed E-state index contributed by atoms with van der Waals surface area (Å²) in [5.74, 6) is -0.788. The summed E-state index contributed by atoms with van der Waals surface area (Å²) < 4.78 is 0. The number of ketones is 1. The molecule has 31 heavy (non-hydrogen) atoms. The van der Waals surface area contributed by atoms with Crippen molar-refractivity contribution in [3.63, 3.8) is 0 Å². The predicted octanol–water partition coefficient (Wildman–Crippen LogP) is 5.27. The van der Waals surface area contributed by atoms with Crippen LogP contribution in [0.3, 0.4) is 0 Å². The second kappa shape index (κ2) is 7.95. The van der Waals surface area contributed by atoms with Crippen LogP contribution < -0.4 is 4.90 Å². The summed E-state index contributed by atoms with van der Waals surface area (Å²) in [6, 6.07) is 18.5. The molecule has 0 radical (unpaired) electrons. The van der Waals surface area contributed by atoms with Gasteiger partial charge in [0.05, 0.1) is 18.7 Å². The second-order valence-corrected chi connectivity index (χ2v) is 8.75. The molecule has 158 valence electrons.